The molecule has 0 aliphatic carbocycles. The minimum Gasteiger partial charge on any atom is -0.490 e. The SMILES string of the molecule is ClCCOCCOc1ccccc1I. The molecule has 0 spiro atoms. The van der Waals surface area contributed by atoms with Crippen LogP contribution in [0.1, 0.15) is 0 Å². The van der Waals surface area contributed by atoms with Gasteiger partial charge in [-0.25, -0.2) is 0 Å². The molecule has 0 aromatic heterocycles. The second kappa shape index (κ2) is 7.31. The van der Waals surface area contributed by atoms with Gasteiger partial charge in [-0.05, 0) is 34.7 Å². The number of benzene rings is 1. The quantitative estimate of drug-likeness (QED) is 0.455. The zero-order valence-corrected chi connectivity index (χ0v) is 10.6. The third-order valence-corrected chi connectivity index (χ3v) is 2.59. The predicted molar refractivity (Wildman–Crippen MR) is 66.2 cm³/mol. The van der Waals surface area contributed by atoms with Gasteiger partial charge in [0, 0.05) is 5.88 Å². The first-order valence-corrected chi connectivity index (χ1v) is 5.97. The summed E-state index contributed by atoms with van der Waals surface area (Å²) in [7, 11) is 0. The second-order valence-corrected chi connectivity index (χ2v) is 4.12. The van der Waals surface area contributed by atoms with E-state index in [1.165, 1.54) is 0 Å². The Balaban J connectivity index is 2.21. The van der Waals surface area contributed by atoms with Crippen LogP contribution in [0.3, 0.4) is 0 Å². The highest BCUT2D eigenvalue weighted by Gasteiger charge is 1.97. The van der Waals surface area contributed by atoms with Crippen molar-refractivity contribution >= 4 is 34.2 Å². The molecule has 0 aliphatic rings. The third-order valence-electron chi connectivity index (χ3n) is 1.54. The predicted octanol–water partition coefficient (Wildman–Crippen LogP) is 2.93. The molecular formula is C10H12ClIO2. The normalized spacial score (nSPS) is 10.1. The van der Waals surface area contributed by atoms with E-state index in [9.17, 15) is 0 Å². The number of hydrogen-bond acceptors (Lipinski definition) is 2. The van der Waals surface area contributed by atoms with Crippen LogP contribution >= 0.6 is 34.2 Å². The molecular weight excluding hydrogens is 314 g/mol. The molecule has 1 aromatic rings. The van der Waals surface area contributed by atoms with Crippen molar-refractivity contribution in [1.29, 1.82) is 0 Å². The summed E-state index contributed by atoms with van der Waals surface area (Å²) in [4.78, 5) is 0. The molecule has 0 N–H and O–H groups in total. The number of para-hydroxylation sites is 1. The fraction of sp³-hybridized carbons (Fsp3) is 0.400. The Morgan fingerprint density at radius 2 is 1.93 bits per heavy atom. The van der Waals surface area contributed by atoms with Crippen LogP contribution in [-0.4, -0.2) is 25.7 Å². The Morgan fingerprint density at radius 3 is 2.64 bits per heavy atom. The maximum absolute atomic E-state index is 5.51. The van der Waals surface area contributed by atoms with E-state index in [-0.39, 0.29) is 0 Å². The zero-order valence-electron chi connectivity index (χ0n) is 7.71. The summed E-state index contributed by atoms with van der Waals surface area (Å²) in [6.45, 7) is 1.73. The highest BCUT2D eigenvalue weighted by molar-refractivity contribution is 14.1. The molecule has 14 heavy (non-hydrogen) atoms. The molecule has 0 bridgehead atoms. The van der Waals surface area contributed by atoms with Crippen molar-refractivity contribution < 1.29 is 9.47 Å². The van der Waals surface area contributed by atoms with Crippen molar-refractivity contribution in [2.24, 2.45) is 0 Å². The van der Waals surface area contributed by atoms with Crippen LogP contribution in [0.2, 0.25) is 0 Å². The van der Waals surface area contributed by atoms with E-state index in [4.69, 9.17) is 21.1 Å². The average molecular weight is 327 g/mol. The molecule has 4 heteroatoms. The average Bonchev–Trinajstić information content (AvgIpc) is 2.20. The third kappa shape index (κ3) is 4.48. The van der Waals surface area contributed by atoms with Crippen molar-refractivity contribution in [3.8, 4) is 5.75 Å². The molecule has 2 nitrogen and oxygen atoms in total. The van der Waals surface area contributed by atoms with Crippen molar-refractivity contribution in [2.45, 2.75) is 0 Å². The zero-order chi connectivity index (χ0) is 10.2. The molecule has 0 atom stereocenters. The summed E-state index contributed by atoms with van der Waals surface area (Å²) >= 11 is 7.70. The van der Waals surface area contributed by atoms with Crippen molar-refractivity contribution in [3.05, 3.63) is 27.8 Å². The molecule has 78 valence electrons. The molecule has 0 amide bonds. The van der Waals surface area contributed by atoms with Gasteiger partial charge in [0.15, 0.2) is 0 Å². The van der Waals surface area contributed by atoms with Gasteiger partial charge in [0.25, 0.3) is 0 Å². The maximum Gasteiger partial charge on any atom is 0.132 e. The second-order valence-electron chi connectivity index (χ2n) is 2.58. The smallest absolute Gasteiger partial charge is 0.132 e. The summed E-state index contributed by atoms with van der Waals surface area (Å²) in [5, 5.41) is 0. The molecule has 0 heterocycles. The summed E-state index contributed by atoms with van der Waals surface area (Å²) in [6, 6.07) is 7.90. The Morgan fingerprint density at radius 1 is 1.14 bits per heavy atom. The van der Waals surface area contributed by atoms with Crippen LogP contribution in [0.5, 0.6) is 5.75 Å². The van der Waals surface area contributed by atoms with Crippen LogP contribution in [0.25, 0.3) is 0 Å². The van der Waals surface area contributed by atoms with E-state index in [1.807, 2.05) is 24.3 Å². The standard InChI is InChI=1S/C10H12ClIO2/c11-5-6-13-7-8-14-10-4-2-1-3-9(10)12/h1-4H,5-8H2. The fourth-order valence-corrected chi connectivity index (χ4v) is 1.58. The minimum atomic E-state index is 0.531. The van der Waals surface area contributed by atoms with Gasteiger partial charge in [0.05, 0.1) is 16.8 Å². The fourth-order valence-electron chi connectivity index (χ4n) is 0.929. The first kappa shape index (κ1) is 12.1. The van der Waals surface area contributed by atoms with Gasteiger partial charge < -0.3 is 9.47 Å². The van der Waals surface area contributed by atoms with E-state index >= 15 is 0 Å². The van der Waals surface area contributed by atoms with Gasteiger partial charge in [-0.15, -0.1) is 11.6 Å². The topological polar surface area (TPSA) is 18.5 Å². The van der Waals surface area contributed by atoms with Gasteiger partial charge >= 0.3 is 0 Å². The van der Waals surface area contributed by atoms with E-state index in [0.29, 0.717) is 25.7 Å². The van der Waals surface area contributed by atoms with Crippen molar-refractivity contribution in [2.75, 3.05) is 25.7 Å². The molecule has 1 aromatic carbocycles. The van der Waals surface area contributed by atoms with Crippen LogP contribution in [-0.2, 0) is 4.74 Å². The lowest BCUT2D eigenvalue weighted by molar-refractivity contribution is 0.111. The van der Waals surface area contributed by atoms with Crippen LogP contribution in [0, 0.1) is 3.57 Å². The largest absolute Gasteiger partial charge is 0.490 e. The first-order chi connectivity index (χ1) is 6.84. The Bertz CT molecular complexity index is 268. The lowest BCUT2D eigenvalue weighted by atomic mass is 10.3. The molecule has 0 saturated carbocycles. The highest BCUT2D eigenvalue weighted by atomic mass is 127. The van der Waals surface area contributed by atoms with Crippen LogP contribution < -0.4 is 4.74 Å². The van der Waals surface area contributed by atoms with Crippen LogP contribution in [0.15, 0.2) is 24.3 Å². The molecule has 0 aliphatic heterocycles. The number of rotatable bonds is 6. The Kier molecular flexibility index (Phi) is 6.31. The Hall–Kier alpha value is -0.000000000000000111. The monoisotopic (exact) mass is 326 g/mol. The summed E-state index contributed by atoms with van der Waals surface area (Å²) in [5.41, 5.74) is 0. The van der Waals surface area contributed by atoms with Gasteiger partial charge in [-0.3, -0.25) is 0 Å². The summed E-state index contributed by atoms with van der Waals surface area (Å²) in [5.74, 6) is 1.44. The van der Waals surface area contributed by atoms with E-state index in [2.05, 4.69) is 22.6 Å². The highest BCUT2D eigenvalue weighted by Crippen LogP contribution is 2.19. The first-order valence-electron chi connectivity index (χ1n) is 4.35. The number of ether oxygens (including phenoxy) is 2. The molecule has 0 radical (unpaired) electrons. The van der Waals surface area contributed by atoms with E-state index in [0.717, 1.165) is 9.32 Å². The molecule has 0 unspecified atom stereocenters. The summed E-state index contributed by atoms with van der Waals surface area (Å²) < 4.78 is 11.8. The molecule has 1 rings (SSSR count). The maximum atomic E-state index is 5.51. The van der Waals surface area contributed by atoms with E-state index < -0.39 is 0 Å². The Labute approximate surface area is 103 Å². The number of halogens is 2. The molecule has 0 saturated heterocycles. The van der Waals surface area contributed by atoms with E-state index in [1.54, 1.807) is 0 Å². The number of alkyl halides is 1. The van der Waals surface area contributed by atoms with Crippen molar-refractivity contribution in [1.82, 2.24) is 0 Å². The van der Waals surface area contributed by atoms with Crippen LogP contribution in [0.4, 0.5) is 0 Å². The van der Waals surface area contributed by atoms with Gasteiger partial charge in [-0.1, -0.05) is 12.1 Å². The van der Waals surface area contributed by atoms with Gasteiger partial charge in [0.1, 0.15) is 12.4 Å². The summed E-state index contributed by atoms with van der Waals surface area (Å²) in [6.07, 6.45) is 0. The minimum absolute atomic E-state index is 0.531. The lowest BCUT2D eigenvalue weighted by Crippen LogP contribution is -2.08. The van der Waals surface area contributed by atoms with Crippen molar-refractivity contribution in [3.63, 3.8) is 0 Å². The van der Waals surface area contributed by atoms with Gasteiger partial charge in [0.2, 0.25) is 0 Å². The lowest BCUT2D eigenvalue weighted by Gasteiger charge is -2.07. The number of hydrogen-bond donors (Lipinski definition) is 0. The van der Waals surface area contributed by atoms with Gasteiger partial charge in [-0.2, -0.15) is 0 Å². The molecule has 0 fully saturated rings.